The predicted molar refractivity (Wildman–Crippen MR) is 140 cm³/mol. The van der Waals surface area contributed by atoms with E-state index in [1.165, 1.54) is 0 Å². The van der Waals surface area contributed by atoms with Crippen molar-refractivity contribution in [2.45, 2.75) is 37.9 Å². The average Bonchev–Trinajstić information content (AvgIpc) is 2.89. The van der Waals surface area contributed by atoms with Crippen LogP contribution in [0.4, 0.5) is 4.79 Å². The minimum absolute atomic E-state index is 0.0170. The fourth-order valence-electron chi connectivity index (χ4n) is 5.11. The van der Waals surface area contributed by atoms with E-state index in [9.17, 15) is 14.4 Å². The third-order valence-electron chi connectivity index (χ3n) is 6.91. The van der Waals surface area contributed by atoms with Crippen LogP contribution in [0.3, 0.4) is 0 Å². The summed E-state index contributed by atoms with van der Waals surface area (Å²) < 4.78 is 12.5. The molecule has 0 saturated carbocycles. The van der Waals surface area contributed by atoms with E-state index in [1.807, 2.05) is 29.0 Å². The first-order valence-corrected chi connectivity index (χ1v) is 13.6. The molecule has 9 nitrogen and oxygen atoms in total. The highest BCUT2D eigenvalue weighted by molar-refractivity contribution is 7.98. The summed E-state index contributed by atoms with van der Waals surface area (Å²) in [4.78, 5) is 40.4. The number of urea groups is 1. The second kappa shape index (κ2) is 11.7. The number of benzene rings is 1. The molecule has 2 aliphatic heterocycles. The van der Waals surface area contributed by atoms with Crippen molar-refractivity contribution in [2.24, 2.45) is 5.92 Å². The highest BCUT2D eigenvalue weighted by Gasteiger charge is 2.37. The molecule has 10 heteroatoms. The Morgan fingerprint density at radius 3 is 2.67 bits per heavy atom. The van der Waals surface area contributed by atoms with Crippen LogP contribution < -0.4 is 25.7 Å². The molecular formula is C26H34N4O5S. The highest BCUT2D eigenvalue weighted by atomic mass is 32.2. The van der Waals surface area contributed by atoms with E-state index >= 15 is 0 Å². The van der Waals surface area contributed by atoms with Crippen LogP contribution in [0.25, 0.3) is 0 Å². The number of nitrogens with zero attached hydrogens (tertiary/aromatic N) is 2. The fourth-order valence-corrected chi connectivity index (χ4v) is 5.58. The molecule has 0 spiro atoms. The van der Waals surface area contributed by atoms with Gasteiger partial charge in [-0.2, -0.15) is 11.8 Å². The molecule has 1 fully saturated rings. The van der Waals surface area contributed by atoms with Crippen LogP contribution in [0, 0.1) is 5.92 Å². The first-order valence-electron chi connectivity index (χ1n) is 12.2. The van der Waals surface area contributed by atoms with Crippen molar-refractivity contribution in [3.8, 4) is 11.5 Å². The molecule has 2 unspecified atom stereocenters. The summed E-state index contributed by atoms with van der Waals surface area (Å²) in [6, 6.07) is 9.97. The first kappa shape index (κ1) is 25.9. The molecule has 2 N–H and O–H groups in total. The van der Waals surface area contributed by atoms with Crippen molar-refractivity contribution in [1.29, 1.82) is 0 Å². The Kier molecular flexibility index (Phi) is 8.45. The van der Waals surface area contributed by atoms with Gasteiger partial charge in [0.25, 0.3) is 5.56 Å². The zero-order valence-electron chi connectivity index (χ0n) is 21.0. The number of aromatic nitrogens is 1. The Bertz CT molecular complexity index is 1150. The Labute approximate surface area is 215 Å². The largest absolute Gasteiger partial charge is 0.493 e. The second-order valence-corrected chi connectivity index (χ2v) is 10.3. The number of carbonyl (C=O) groups excluding carboxylic acids is 2. The van der Waals surface area contributed by atoms with E-state index in [1.54, 1.807) is 49.1 Å². The maximum absolute atomic E-state index is 13.2. The van der Waals surface area contributed by atoms with Gasteiger partial charge >= 0.3 is 6.03 Å². The number of nitrogens with one attached hydrogen (secondary N) is 2. The molecule has 0 radical (unpaired) electrons. The maximum atomic E-state index is 13.2. The molecule has 1 aromatic carbocycles. The topological polar surface area (TPSA) is 102 Å². The standard InChI is InChI=1S/C26H34N4O5S/c1-34-22-8-7-17(12-23(22)35-2)13-27-25(32)20(9-10-36-3)28-26(33)29-14-18-11-19(16-29)21-5-4-6-24(31)30(21)15-18/h4-8,12,18-20H,9-11,13-16H2,1-3H3,(H,27,32)(H,28,33)/t18?,19?,20-/m0/s1. The van der Waals surface area contributed by atoms with Crippen LogP contribution >= 0.6 is 11.8 Å². The molecule has 3 atom stereocenters. The molecule has 1 aromatic heterocycles. The minimum Gasteiger partial charge on any atom is -0.493 e. The number of hydrogen-bond donors (Lipinski definition) is 2. The molecule has 2 bridgehead atoms. The third-order valence-corrected chi connectivity index (χ3v) is 7.55. The summed E-state index contributed by atoms with van der Waals surface area (Å²) in [6.45, 7) is 2.04. The molecule has 2 aromatic rings. The minimum atomic E-state index is -0.637. The van der Waals surface area contributed by atoms with E-state index in [4.69, 9.17) is 9.47 Å². The van der Waals surface area contributed by atoms with Crippen molar-refractivity contribution in [3.05, 3.63) is 58.0 Å². The van der Waals surface area contributed by atoms with E-state index in [-0.39, 0.29) is 29.3 Å². The van der Waals surface area contributed by atoms with Gasteiger partial charge in [0.05, 0.1) is 14.2 Å². The summed E-state index contributed by atoms with van der Waals surface area (Å²) in [5, 5.41) is 5.92. The number of likely N-dealkylation sites (tertiary alicyclic amines) is 1. The van der Waals surface area contributed by atoms with Gasteiger partial charge in [-0.25, -0.2) is 4.79 Å². The van der Waals surface area contributed by atoms with Gasteiger partial charge in [-0.05, 0) is 54.5 Å². The van der Waals surface area contributed by atoms with Gasteiger partial charge in [0.1, 0.15) is 6.04 Å². The lowest BCUT2D eigenvalue weighted by molar-refractivity contribution is -0.123. The number of carbonyl (C=O) groups is 2. The van der Waals surface area contributed by atoms with E-state index < -0.39 is 6.04 Å². The number of thioether (sulfide) groups is 1. The van der Waals surface area contributed by atoms with Crippen molar-refractivity contribution in [1.82, 2.24) is 20.1 Å². The molecule has 1 saturated heterocycles. The molecule has 3 heterocycles. The van der Waals surface area contributed by atoms with E-state index in [0.717, 1.165) is 23.4 Å². The number of methoxy groups -OCH3 is 2. The van der Waals surface area contributed by atoms with Crippen molar-refractivity contribution in [2.75, 3.05) is 39.3 Å². The van der Waals surface area contributed by atoms with Crippen LogP contribution in [0.2, 0.25) is 0 Å². The molecule has 4 rings (SSSR count). The van der Waals surface area contributed by atoms with Crippen LogP contribution in [0.5, 0.6) is 11.5 Å². The predicted octanol–water partition coefficient (Wildman–Crippen LogP) is 2.43. The van der Waals surface area contributed by atoms with Gasteiger partial charge in [-0.1, -0.05) is 12.1 Å². The van der Waals surface area contributed by atoms with Crippen LogP contribution in [0.1, 0.15) is 30.0 Å². The van der Waals surface area contributed by atoms with E-state index in [0.29, 0.717) is 44.1 Å². The molecule has 2 aliphatic rings. The lowest BCUT2D eigenvalue weighted by Gasteiger charge is -2.43. The van der Waals surface area contributed by atoms with E-state index in [2.05, 4.69) is 10.6 Å². The Morgan fingerprint density at radius 2 is 1.92 bits per heavy atom. The maximum Gasteiger partial charge on any atom is 0.318 e. The normalized spacial score (nSPS) is 19.1. The van der Waals surface area contributed by atoms with Crippen LogP contribution in [0.15, 0.2) is 41.2 Å². The van der Waals surface area contributed by atoms with Gasteiger partial charge in [0.2, 0.25) is 5.91 Å². The van der Waals surface area contributed by atoms with Gasteiger partial charge in [-0.15, -0.1) is 0 Å². The summed E-state index contributed by atoms with van der Waals surface area (Å²) in [7, 11) is 3.15. The summed E-state index contributed by atoms with van der Waals surface area (Å²) in [5.74, 6) is 2.09. The van der Waals surface area contributed by atoms with Crippen molar-refractivity contribution < 1.29 is 19.1 Å². The van der Waals surface area contributed by atoms with Gasteiger partial charge in [0, 0.05) is 43.9 Å². The third kappa shape index (κ3) is 5.80. The van der Waals surface area contributed by atoms with Crippen molar-refractivity contribution >= 4 is 23.7 Å². The number of piperidine rings is 1. The molecule has 194 valence electrons. The fraction of sp³-hybridized carbons (Fsp3) is 0.500. The molecular weight excluding hydrogens is 480 g/mol. The Hall–Kier alpha value is -3.14. The lowest BCUT2D eigenvalue weighted by atomic mass is 9.83. The number of rotatable bonds is 9. The summed E-state index contributed by atoms with van der Waals surface area (Å²) >= 11 is 1.63. The van der Waals surface area contributed by atoms with Gasteiger partial charge in [-0.3, -0.25) is 9.59 Å². The monoisotopic (exact) mass is 514 g/mol. The van der Waals surface area contributed by atoms with Crippen molar-refractivity contribution in [3.63, 3.8) is 0 Å². The zero-order chi connectivity index (χ0) is 25.7. The quantitative estimate of drug-likeness (QED) is 0.533. The molecule has 36 heavy (non-hydrogen) atoms. The molecule has 0 aliphatic carbocycles. The number of fused-ring (bicyclic) bond motifs is 4. The van der Waals surface area contributed by atoms with Crippen LogP contribution in [-0.4, -0.2) is 66.8 Å². The second-order valence-electron chi connectivity index (χ2n) is 9.29. The number of hydrogen-bond acceptors (Lipinski definition) is 6. The SMILES string of the molecule is COc1ccc(CNC(=O)[C@H](CCSC)NC(=O)N2CC3CC(C2)c2cccc(=O)n2C3)cc1OC. The average molecular weight is 515 g/mol. The number of pyridine rings is 1. The van der Waals surface area contributed by atoms with Gasteiger partial charge < -0.3 is 29.6 Å². The Morgan fingerprint density at radius 1 is 1.11 bits per heavy atom. The smallest absolute Gasteiger partial charge is 0.318 e. The number of amides is 3. The summed E-state index contributed by atoms with van der Waals surface area (Å²) in [5.41, 5.74) is 1.87. The Balaban J connectivity index is 1.39. The zero-order valence-corrected chi connectivity index (χ0v) is 21.8. The number of ether oxygens (including phenoxy) is 2. The van der Waals surface area contributed by atoms with Crippen LogP contribution in [-0.2, 0) is 17.9 Å². The highest BCUT2D eigenvalue weighted by Crippen LogP contribution is 2.35. The summed E-state index contributed by atoms with van der Waals surface area (Å²) in [6.07, 6.45) is 3.48. The first-order chi connectivity index (χ1) is 17.4. The lowest BCUT2D eigenvalue weighted by Crippen LogP contribution is -2.56. The molecule has 3 amide bonds. The van der Waals surface area contributed by atoms with Gasteiger partial charge in [0.15, 0.2) is 11.5 Å².